The highest BCUT2D eigenvalue weighted by atomic mass is 32.2. The van der Waals surface area contributed by atoms with E-state index in [0.717, 1.165) is 11.0 Å². The Morgan fingerprint density at radius 3 is 2.25 bits per heavy atom. The second-order valence-electron chi connectivity index (χ2n) is 6.73. The van der Waals surface area contributed by atoms with Crippen molar-refractivity contribution in [1.82, 2.24) is 9.80 Å². The van der Waals surface area contributed by atoms with Crippen molar-refractivity contribution in [3.63, 3.8) is 0 Å². The van der Waals surface area contributed by atoms with Crippen LogP contribution < -0.4 is 0 Å². The first-order valence-electron chi connectivity index (χ1n) is 7.89. The SMILES string of the molecule is CC(C)[C@H](CSC1CCN(C)CC1)C(=O)N(C)C(C)C. The van der Waals surface area contributed by atoms with Gasteiger partial charge in [0.05, 0.1) is 0 Å². The van der Waals surface area contributed by atoms with Crippen LogP contribution in [0.1, 0.15) is 40.5 Å². The number of carbonyl (C=O) groups excluding carboxylic acids is 1. The molecule has 0 radical (unpaired) electrons. The van der Waals surface area contributed by atoms with E-state index in [1.54, 1.807) is 0 Å². The number of likely N-dealkylation sites (tertiary alicyclic amines) is 1. The number of hydrogen-bond donors (Lipinski definition) is 0. The van der Waals surface area contributed by atoms with Gasteiger partial charge in [-0.1, -0.05) is 13.8 Å². The number of nitrogens with zero attached hydrogens (tertiary/aromatic N) is 2. The highest BCUT2D eigenvalue weighted by molar-refractivity contribution is 7.99. The Hall–Kier alpha value is -0.220. The number of amides is 1. The first-order chi connectivity index (χ1) is 9.32. The van der Waals surface area contributed by atoms with Gasteiger partial charge in [-0.25, -0.2) is 0 Å². The molecule has 0 aromatic carbocycles. The van der Waals surface area contributed by atoms with Crippen molar-refractivity contribution in [2.45, 2.75) is 51.8 Å². The van der Waals surface area contributed by atoms with Crippen LogP contribution in [0, 0.1) is 11.8 Å². The summed E-state index contributed by atoms with van der Waals surface area (Å²) < 4.78 is 0. The molecule has 1 atom stereocenters. The maximum Gasteiger partial charge on any atom is 0.226 e. The van der Waals surface area contributed by atoms with Crippen molar-refractivity contribution in [2.24, 2.45) is 11.8 Å². The molecule has 0 spiro atoms. The Labute approximate surface area is 129 Å². The Morgan fingerprint density at radius 2 is 1.80 bits per heavy atom. The quantitative estimate of drug-likeness (QED) is 0.753. The maximum absolute atomic E-state index is 12.6. The second-order valence-corrected chi connectivity index (χ2v) is 8.06. The average molecular weight is 301 g/mol. The van der Waals surface area contributed by atoms with Crippen LogP contribution in [0.5, 0.6) is 0 Å². The molecule has 1 rings (SSSR count). The maximum atomic E-state index is 12.6. The van der Waals surface area contributed by atoms with Crippen LogP contribution in [-0.2, 0) is 4.79 Å². The predicted molar refractivity (Wildman–Crippen MR) is 89.2 cm³/mol. The summed E-state index contributed by atoms with van der Waals surface area (Å²) in [6.07, 6.45) is 2.53. The molecule has 0 aromatic heterocycles. The summed E-state index contributed by atoms with van der Waals surface area (Å²) in [7, 11) is 4.13. The van der Waals surface area contributed by atoms with Crippen LogP contribution in [0.4, 0.5) is 0 Å². The third kappa shape index (κ3) is 5.28. The van der Waals surface area contributed by atoms with Crippen LogP contribution in [0.3, 0.4) is 0 Å². The number of carbonyl (C=O) groups is 1. The fourth-order valence-corrected chi connectivity index (χ4v) is 4.01. The van der Waals surface area contributed by atoms with Crippen LogP contribution in [0.25, 0.3) is 0 Å². The Bertz CT molecular complexity index is 299. The number of rotatable bonds is 6. The Morgan fingerprint density at radius 1 is 1.25 bits per heavy atom. The molecule has 0 N–H and O–H groups in total. The van der Waals surface area contributed by atoms with E-state index in [0.29, 0.717) is 11.8 Å². The lowest BCUT2D eigenvalue weighted by molar-refractivity contribution is -0.136. The molecule has 0 unspecified atom stereocenters. The normalized spacial score (nSPS) is 19.6. The highest BCUT2D eigenvalue weighted by Gasteiger charge is 2.28. The van der Waals surface area contributed by atoms with Gasteiger partial charge in [0, 0.05) is 30.0 Å². The monoisotopic (exact) mass is 300 g/mol. The summed E-state index contributed by atoms with van der Waals surface area (Å²) >= 11 is 2.02. The molecular weight excluding hydrogens is 268 g/mol. The van der Waals surface area contributed by atoms with Gasteiger partial charge >= 0.3 is 0 Å². The molecule has 118 valence electrons. The lowest BCUT2D eigenvalue weighted by Crippen LogP contribution is -2.41. The highest BCUT2D eigenvalue weighted by Crippen LogP contribution is 2.28. The van der Waals surface area contributed by atoms with Gasteiger partial charge in [0.2, 0.25) is 5.91 Å². The number of piperidine rings is 1. The first kappa shape index (κ1) is 17.8. The Balaban J connectivity index is 2.49. The third-order valence-electron chi connectivity index (χ3n) is 4.42. The van der Waals surface area contributed by atoms with E-state index in [1.807, 2.05) is 23.7 Å². The van der Waals surface area contributed by atoms with Crippen LogP contribution in [-0.4, -0.2) is 59.9 Å². The molecule has 1 saturated heterocycles. The van der Waals surface area contributed by atoms with E-state index in [4.69, 9.17) is 0 Å². The molecule has 20 heavy (non-hydrogen) atoms. The number of hydrogen-bond acceptors (Lipinski definition) is 3. The minimum Gasteiger partial charge on any atom is -0.343 e. The zero-order valence-electron chi connectivity index (χ0n) is 14.1. The summed E-state index contributed by atoms with van der Waals surface area (Å²) in [5, 5.41) is 0.740. The van der Waals surface area contributed by atoms with E-state index in [1.165, 1.54) is 25.9 Å². The van der Waals surface area contributed by atoms with Gasteiger partial charge in [0.1, 0.15) is 0 Å². The van der Waals surface area contributed by atoms with Gasteiger partial charge in [0.25, 0.3) is 0 Å². The van der Waals surface area contributed by atoms with E-state index in [9.17, 15) is 4.79 Å². The van der Waals surface area contributed by atoms with E-state index >= 15 is 0 Å². The van der Waals surface area contributed by atoms with E-state index < -0.39 is 0 Å². The smallest absolute Gasteiger partial charge is 0.226 e. The predicted octanol–water partition coefficient (Wildman–Crippen LogP) is 2.95. The van der Waals surface area contributed by atoms with Crippen LogP contribution >= 0.6 is 11.8 Å². The molecular formula is C16H32N2OS. The lowest BCUT2D eigenvalue weighted by Gasteiger charge is -2.32. The molecule has 1 amide bonds. The van der Waals surface area contributed by atoms with Crippen molar-refractivity contribution < 1.29 is 4.79 Å². The van der Waals surface area contributed by atoms with Crippen molar-refractivity contribution in [3.05, 3.63) is 0 Å². The topological polar surface area (TPSA) is 23.6 Å². The van der Waals surface area contributed by atoms with Crippen LogP contribution in [0.15, 0.2) is 0 Å². The fraction of sp³-hybridized carbons (Fsp3) is 0.938. The first-order valence-corrected chi connectivity index (χ1v) is 8.94. The molecule has 0 saturated carbocycles. The molecule has 1 heterocycles. The lowest BCUT2D eigenvalue weighted by atomic mass is 9.96. The molecule has 1 fully saturated rings. The van der Waals surface area contributed by atoms with Gasteiger partial charge in [0.15, 0.2) is 0 Å². The fourth-order valence-electron chi connectivity index (χ4n) is 2.46. The Kier molecular flexibility index (Phi) is 7.38. The molecule has 0 aliphatic carbocycles. The summed E-state index contributed by atoms with van der Waals surface area (Å²) in [5.74, 6) is 1.87. The van der Waals surface area contributed by atoms with Gasteiger partial charge < -0.3 is 9.80 Å². The van der Waals surface area contributed by atoms with Gasteiger partial charge in [-0.05, 0) is 52.7 Å². The van der Waals surface area contributed by atoms with Crippen molar-refractivity contribution in [1.29, 1.82) is 0 Å². The zero-order chi connectivity index (χ0) is 15.3. The van der Waals surface area contributed by atoms with Crippen molar-refractivity contribution >= 4 is 17.7 Å². The molecule has 1 aliphatic heterocycles. The minimum absolute atomic E-state index is 0.159. The van der Waals surface area contributed by atoms with E-state index in [-0.39, 0.29) is 12.0 Å². The summed E-state index contributed by atoms with van der Waals surface area (Å²) in [6.45, 7) is 10.9. The molecule has 3 nitrogen and oxygen atoms in total. The standard InChI is InChI=1S/C16H32N2OS/c1-12(2)15(16(19)18(6)13(3)4)11-20-14-7-9-17(5)10-8-14/h12-15H,7-11H2,1-6H3/t15-/m0/s1. The zero-order valence-corrected chi connectivity index (χ0v) is 14.9. The summed E-state index contributed by atoms with van der Waals surface area (Å²) in [5.41, 5.74) is 0. The van der Waals surface area contributed by atoms with E-state index in [2.05, 4.69) is 39.6 Å². The van der Waals surface area contributed by atoms with Gasteiger partial charge in [-0.3, -0.25) is 4.79 Å². The summed E-state index contributed by atoms with van der Waals surface area (Å²) in [6, 6.07) is 0.289. The minimum atomic E-state index is 0.159. The molecule has 4 heteroatoms. The molecule has 1 aliphatic rings. The van der Waals surface area contributed by atoms with Crippen molar-refractivity contribution in [2.75, 3.05) is 32.9 Å². The third-order valence-corrected chi connectivity index (χ3v) is 5.92. The summed E-state index contributed by atoms with van der Waals surface area (Å²) in [4.78, 5) is 16.9. The molecule has 0 aromatic rings. The number of thioether (sulfide) groups is 1. The largest absolute Gasteiger partial charge is 0.343 e. The molecule has 0 bridgehead atoms. The van der Waals surface area contributed by atoms with Crippen molar-refractivity contribution in [3.8, 4) is 0 Å². The van der Waals surface area contributed by atoms with Crippen LogP contribution in [0.2, 0.25) is 0 Å². The van der Waals surface area contributed by atoms with Gasteiger partial charge in [-0.15, -0.1) is 0 Å². The van der Waals surface area contributed by atoms with Gasteiger partial charge in [-0.2, -0.15) is 11.8 Å². The second kappa shape index (κ2) is 8.28. The average Bonchev–Trinajstić information content (AvgIpc) is 2.39.